The van der Waals surface area contributed by atoms with E-state index in [4.69, 9.17) is 10.5 Å². The van der Waals surface area contributed by atoms with Crippen LogP contribution in [0.3, 0.4) is 0 Å². The number of ether oxygens (including phenoxy) is 1. The summed E-state index contributed by atoms with van der Waals surface area (Å²) < 4.78 is 5.26. The molecule has 5 heteroatoms. The minimum Gasteiger partial charge on any atom is -0.435 e. The molecule has 1 heterocycles. The molecule has 0 atom stereocenters. The molecule has 1 aromatic heterocycles. The molecule has 5 nitrogen and oxygen atoms in total. The Labute approximate surface area is 85.5 Å². The number of anilines is 1. The average Bonchev–Trinajstić information content (AvgIpc) is 2.22. The molecule has 0 saturated heterocycles. The molecule has 2 rings (SSSR count). The minimum absolute atomic E-state index is 0.00287. The van der Waals surface area contributed by atoms with Crippen LogP contribution >= 0.6 is 0 Å². The maximum Gasteiger partial charge on any atom is 0.311 e. The van der Waals surface area contributed by atoms with Gasteiger partial charge in [0.25, 0.3) is 5.88 Å². The SMILES string of the molecule is Nc1cccc(Oc2ncc[nH]c2=O)c1. The van der Waals surface area contributed by atoms with Gasteiger partial charge in [0.2, 0.25) is 0 Å². The van der Waals surface area contributed by atoms with Crippen LogP contribution in [0.15, 0.2) is 41.5 Å². The molecule has 0 aliphatic rings. The summed E-state index contributed by atoms with van der Waals surface area (Å²) in [5.41, 5.74) is 5.76. The molecule has 15 heavy (non-hydrogen) atoms. The van der Waals surface area contributed by atoms with Crippen LogP contribution in [0.4, 0.5) is 5.69 Å². The molecule has 0 saturated carbocycles. The van der Waals surface area contributed by atoms with Crippen molar-refractivity contribution in [2.24, 2.45) is 0 Å². The molecule has 76 valence electrons. The predicted molar refractivity (Wildman–Crippen MR) is 55.8 cm³/mol. The summed E-state index contributed by atoms with van der Waals surface area (Å²) in [6.45, 7) is 0. The molecular formula is C10H9N3O2. The number of aromatic amines is 1. The first-order chi connectivity index (χ1) is 7.25. The zero-order valence-electron chi connectivity index (χ0n) is 7.81. The zero-order chi connectivity index (χ0) is 10.7. The van der Waals surface area contributed by atoms with E-state index in [-0.39, 0.29) is 11.4 Å². The maximum absolute atomic E-state index is 11.2. The van der Waals surface area contributed by atoms with Crippen molar-refractivity contribution in [3.05, 3.63) is 47.0 Å². The van der Waals surface area contributed by atoms with Crippen LogP contribution in [0.2, 0.25) is 0 Å². The van der Waals surface area contributed by atoms with E-state index in [1.165, 1.54) is 12.4 Å². The number of rotatable bonds is 2. The van der Waals surface area contributed by atoms with Crippen LogP contribution in [-0.2, 0) is 0 Å². The Kier molecular flexibility index (Phi) is 2.37. The summed E-state index contributed by atoms with van der Waals surface area (Å²) in [6, 6.07) is 6.79. The Bertz CT molecular complexity index is 522. The monoisotopic (exact) mass is 203 g/mol. The Balaban J connectivity index is 2.30. The van der Waals surface area contributed by atoms with E-state index in [0.29, 0.717) is 11.4 Å². The van der Waals surface area contributed by atoms with Gasteiger partial charge in [0, 0.05) is 24.1 Å². The number of benzene rings is 1. The molecule has 3 N–H and O–H groups in total. The summed E-state index contributed by atoms with van der Waals surface area (Å²) >= 11 is 0. The fraction of sp³-hybridized carbons (Fsp3) is 0. The van der Waals surface area contributed by atoms with Gasteiger partial charge in [-0.15, -0.1) is 0 Å². The normalized spacial score (nSPS) is 9.87. The number of H-pyrrole nitrogens is 1. The number of hydrogen-bond donors (Lipinski definition) is 2. The smallest absolute Gasteiger partial charge is 0.311 e. The number of nitrogens with two attached hydrogens (primary N) is 1. The molecule has 0 radical (unpaired) electrons. The van der Waals surface area contributed by atoms with Gasteiger partial charge in [-0.1, -0.05) is 6.07 Å². The standard InChI is InChI=1S/C10H9N3O2/c11-7-2-1-3-8(6-7)15-10-9(14)12-4-5-13-10/h1-6H,11H2,(H,12,14). The highest BCUT2D eigenvalue weighted by Crippen LogP contribution is 2.18. The van der Waals surface area contributed by atoms with Gasteiger partial charge in [-0.05, 0) is 12.1 Å². The molecule has 0 aliphatic heterocycles. The Morgan fingerprint density at radius 3 is 3.00 bits per heavy atom. The molecule has 0 amide bonds. The predicted octanol–water partition coefficient (Wildman–Crippen LogP) is 1.14. The van der Waals surface area contributed by atoms with E-state index in [9.17, 15) is 4.79 Å². The van der Waals surface area contributed by atoms with Crippen molar-refractivity contribution in [1.82, 2.24) is 9.97 Å². The van der Waals surface area contributed by atoms with Crippen molar-refractivity contribution in [2.45, 2.75) is 0 Å². The minimum atomic E-state index is -0.375. The first-order valence-corrected chi connectivity index (χ1v) is 4.33. The van der Waals surface area contributed by atoms with Gasteiger partial charge in [-0.3, -0.25) is 4.79 Å². The fourth-order valence-electron chi connectivity index (χ4n) is 1.10. The quantitative estimate of drug-likeness (QED) is 0.717. The van der Waals surface area contributed by atoms with Gasteiger partial charge < -0.3 is 15.5 Å². The van der Waals surface area contributed by atoms with Crippen molar-refractivity contribution in [3.8, 4) is 11.6 Å². The van der Waals surface area contributed by atoms with E-state index >= 15 is 0 Å². The number of aromatic nitrogens is 2. The van der Waals surface area contributed by atoms with Gasteiger partial charge in [-0.2, -0.15) is 0 Å². The van der Waals surface area contributed by atoms with Crippen molar-refractivity contribution >= 4 is 5.69 Å². The van der Waals surface area contributed by atoms with Crippen LogP contribution in [-0.4, -0.2) is 9.97 Å². The Morgan fingerprint density at radius 1 is 1.40 bits per heavy atom. The summed E-state index contributed by atoms with van der Waals surface area (Å²) in [4.78, 5) is 17.5. The summed E-state index contributed by atoms with van der Waals surface area (Å²) in [5, 5.41) is 0. The second-order valence-corrected chi connectivity index (χ2v) is 2.90. The lowest BCUT2D eigenvalue weighted by atomic mass is 10.3. The molecule has 0 fully saturated rings. The second kappa shape index (κ2) is 3.83. The van der Waals surface area contributed by atoms with Crippen molar-refractivity contribution in [2.75, 3.05) is 5.73 Å². The van der Waals surface area contributed by atoms with Crippen LogP contribution in [0, 0.1) is 0 Å². The van der Waals surface area contributed by atoms with Gasteiger partial charge in [0.1, 0.15) is 5.75 Å². The van der Waals surface area contributed by atoms with E-state index in [0.717, 1.165) is 0 Å². The van der Waals surface area contributed by atoms with Crippen molar-refractivity contribution in [1.29, 1.82) is 0 Å². The lowest BCUT2D eigenvalue weighted by Crippen LogP contribution is -2.09. The third-order valence-corrected chi connectivity index (χ3v) is 1.75. The number of hydrogen-bond acceptors (Lipinski definition) is 4. The third-order valence-electron chi connectivity index (χ3n) is 1.75. The fourth-order valence-corrected chi connectivity index (χ4v) is 1.10. The van der Waals surface area contributed by atoms with E-state index in [2.05, 4.69) is 9.97 Å². The van der Waals surface area contributed by atoms with Crippen LogP contribution in [0.1, 0.15) is 0 Å². The maximum atomic E-state index is 11.2. The highest BCUT2D eigenvalue weighted by Gasteiger charge is 2.02. The van der Waals surface area contributed by atoms with Gasteiger partial charge >= 0.3 is 5.56 Å². The molecule has 0 aliphatic carbocycles. The molecule has 2 aromatic rings. The second-order valence-electron chi connectivity index (χ2n) is 2.90. The highest BCUT2D eigenvalue weighted by atomic mass is 16.5. The number of nitrogens with zero attached hydrogens (tertiary/aromatic N) is 1. The van der Waals surface area contributed by atoms with Gasteiger partial charge in [0.15, 0.2) is 0 Å². The zero-order valence-corrected chi connectivity index (χ0v) is 7.81. The van der Waals surface area contributed by atoms with E-state index in [1.807, 2.05) is 0 Å². The van der Waals surface area contributed by atoms with Crippen LogP contribution in [0.25, 0.3) is 0 Å². The topological polar surface area (TPSA) is 81.0 Å². The lowest BCUT2D eigenvalue weighted by molar-refractivity contribution is 0.454. The molecule has 0 unspecified atom stereocenters. The Morgan fingerprint density at radius 2 is 2.27 bits per heavy atom. The lowest BCUT2D eigenvalue weighted by Gasteiger charge is -2.03. The summed E-state index contributed by atoms with van der Waals surface area (Å²) in [7, 11) is 0. The van der Waals surface area contributed by atoms with Crippen molar-refractivity contribution < 1.29 is 4.74 Å². The van der Waals surface area contributed by atoms with Crippen LogP contribution < -0.4 is 16.0 Å². The summed E-state index contributed by atoms with van der Waals surface area (Å²) in [6.07, 6.45) is 2.89. The largest absolute Gasteiger partial charge is 0.435 e. The number of nitrogen functional groups attached to an aromatic ring is 1. The average molecular weight is 203 g/mol. The number of nitrogens with one attached hydrogen (secondary N) is 1. The highest BCUT2D eigenvalue weighted by molar-refractivity contribution is 5.44. The van der Waals surface area contributed by atoms with Crippen LogP contribution in [0.5, 0.6) is 11.6 Å². The molecule has 0 bridgehead atoms. The molecule has 1 aromatic carbocycles. The third kappa shape index (κ3) is 2.14. The van der Waals surface area contributed by atoms with Crippen molar-refractivity contribution in [3.63, 3.8) is 0 Å². The van der Waals surface area contributed by atoms with Gasteiger partial charge in [-0.25, -0.2) is 4.98 Å². The van der Waals surface area contributed by atoms with E-state index < -0.39 is 0 Å². The van der Waals surface area contributed by atoms with Gasteiger partial charge in [0.05, 0.1) is 0 Å². The van der Waals surface area contributed by atoms with E-state index in [1.54, 1.807) is 24.3 Å². The first kappa shape index (κ1) is 9.26. The molecular weight excluding hydrogens is 194 g/mol. The summed E-state index contributed by atoms with van der Waals surface area (Å²) in [5.74, 6) is 0.488. The molecule has 0 spiro atoms. The Hall–Kier alpha value is -2.30. The first-order valence-electron chi connectivity index (χ1n) is 4.33.